The molecule has 5 nitrogen and oxygen atoms in total. The average Bonchev–Trinajstić information content (AvgIpc) is 2.92. The number of carbonyl (C=O) groups excluding carboxylic acids is 1. The number of rotatable bonds is 5. The SMILES string of the molecule is NC(=O)CSCc1nc2sc(-c3ccccc3)cc2c(=O)[nH]1. The van der Waals surface area contributed by atoms with Crippen LogP contribution in [0.4, 0.5) is 0 Å². The Morgan fingerprint density at radius 2 is 2.09 bits per heavy atom. The lowest BCUT2D eigenvalue weighted by Gasteiger charge is -1.99. The number of hydrogen-bond donors (Lipinski definition) is 2. The lowest BCUT2D eigenvalue weighted by atomic mass is 10.2. The third kappa shape index (κ3) is 3.20. The molecule has 0 aliphatic rings. The summed E-state index contributed by atoms with van der Waals surface area (Å²) < 4.78 is 0. The minimum absolute atomic E-state index is 0.155. The van der Waals surface area contributed by atoms with E-state index in [2.05, 4.69) is 9.97 Å². The van der Waals surface area contributed by atoms with Crippen molar-refractivity contribution in [3.8, 4) is 10.4 Å². The molecule has 112 valence electrons. The first kappa shape index (κ1) is 14.8. The zero-order valence-electron chi connectivity index (χ0n) is 11.5. The van der Waals surface area contributed by atoms with E-state index in [1.54, 1.807) is 0 Å². The van der Waals surface area contributed by atoms with Crippen LogP contribution in [0.15, 0.2) is 41.2 Å². The smallest absolute Gasteiger partial charge is 0.259 e. The standard InChI is InChI=1S/C15H13N3O2S2/c16-12(19)7-21-8-13-17-14(20)10-6-11(22-15(10)18-13)9-4-2-1-3-5-9/h1-6H,7-8H2,(H2,16,19)(H,17,18,20). The summed E-state index contributed by atoms with van der Waals surface area (Å²) in [6, 6.07) is 11.7. The highest BCUT2D eigenvalue weighted by molar-refractivity contribution is 7.99. The van der Waals surface area contributed by atoms with Crippen molar-refractivity contribution in [1.82, 2.24) is 9.97 Å². The number of benzene rings is 1. The Labute approximate surface area is 134 Å². The third-order valence-electron chi connectivity index (χ3n) is 2.99. The van der Waals surface area contributed by atoms with E-state index in [4.69, 9.17) is 5.73 Å². The molecule has 0 aliphatic carbocycles. The number of thioether (sulfide) groups is 1. The number of primary amides is 1. The van der Waals surface area contributed by atoms with Gasteiger partial charge < -0.3 is 10.7 Å². The predicted molar refractivity (Wildman–Crippen MR) is 91.0 cm³/mol. The summed E-state index contributed by atoms with van der Waals surface area (Å²) in [6.45, 7) is 0. The Balaban J connectivity index is 1.93. The van der Waals surface area contributed by atoms with Gasteiger partial charge in [-0.1, -0.05) is 30.3 Å². The topological polar surface area (TPSA) is 88.8 Å². The number of fused-ring (bicyclic) bond motifs is 1. The van der Waals surface area contributed by atoms with Crippen molar-refractivity contribution in [2.45, 2.75) is 5.75 Å². The fourth-order valence-electron chi connectivity index (χ4n) is 2.04. The van der Waals surface area contributed by atoms with E-state index < -0.39 is 0 Å². The molecule has 22 heavy (non-hydrogen) atoms. The quantitative estimate of drug-likeness (QED) is 0.751. The highest BCUT2D eigenvalue weighted by Crippen LogP contribution is 2.30. The van der Waals surface area contributed by atoms with E-state index >= 15 is 0 Å². The summed E-state index contributed by atoms with van der Waals surface area (Å²) in [4.78, 5) is 31.8. The zero-order valence-corrected chi connectivity index (χ0v) is 13.2. The van der Waals surface area contributed by atoms with Gasteiger partial charge in [0.1, 0.15) is 10.7 Å². The second-order valence-electron chi connectivity index (χ2n) is 4.67. The zero-order chi connectivity index (χ0) is 15.5. The van der Waals surface area contributed by atoms with Gasteiger partial charge in [0.15, 0.2) is 0 Å². The molecule has 0 saturated heterocycles. The molecule has 7 heteroatoms. The Morgan fingerprint density at radius 1 is 1.32 bits per heavy atom. The molecule has 0 unspecified atom stereocenters. The Morgan fingerprint density at radius 3 is 2.82 bits per heavy atom. The number of nitrogens with one attached hydrogen (secondary N) is 1. The second kappa shape index (κ2) is 6.33. The van der Waals surface area contributed by atoms with Gasteiger partial charge in [0.05, 0.1) is 16.9 Å². The normalized spacial score (nSPS) is 10.9. The van der Waals surface area contributed by atoms with E-state index in [-0.39, 0.29) is 17.2 Å². The van der Waals surface area contributed by atoms with Crippen LogP contribution < -0.4 is 11.3 Å². The number of H-pyrrole nitrogens is 1. The van der Waals surface area contributed by atoms with Gasteiger partial charge in [0.25, 0.3) is 5.56 Å². The van der Waals surface area contributed by atoms with E-state index in [9.17, 15) is 9.59 Å². The number of hydrogen-bond acceptors (Lipinski definition) is 5. The molecule has 1 amide bonds. The van der Waals surface area contributed by atoms with Gasteiger partial charge in [-0.05, 0) is 11.6 Å². The molecule has 2 aromatic heterocycles. The minimum atomic E-state index is -0.379. The van der Waals surface area contributed by atoms with Crippen LogP contribution in [-0.2, 0) is 10.5 Å². The van der Waals surface area contributed by atoms with Crippen LogP contribution >= 0.6 is 23.1 Å². The maximum Gasteiger partial charge on any atom is 0.259 e. The summed E-state index contributed by atoms with van der Waals surface area (Å²) in [6.07, 6.45) is 0. The van der Waals surface area contributed by atoms with Crippen molar-refractivity contribution in [2.24, 2.45) is 5.73 Å². The first-order valence-corrected chi connectivity index (χ1v) is 8.55. The fraction of sp³-hybridized carbons (Fsp3) is 0.133. The lowest BCUT2D eigenvalue weighted by Crippen LogP contribution is -2.14. The molecule has 3 rings (SSSR count). The van der Waals surface area contributed by atoms with Crippen molar-refractivity contribution < 1.29 is 4.79 Å². The summed E-state index contributed by atoms with van der Waals surface area (Å²) in [5, 5.41) is 0.590. The van der Waals surface area contributed by atoms with Gasteiger partial charge in [-0.2, -0.15) is 0 Å². The van der Waals surface area contributed by atoms with Gasteiger partial charge in [0, 0.05) is 4.88 Å². The van der Waals surface area contributed by atoms with Gasteiger partial charge >= 0.3 is 0 Å². The van der Waals surface area contributed by atoms with E-state index in [0.29, 0.717) is 21.8 Å². The monoisotopic (exact) mass is 331 g/mol. The molecule has 0 fully saturated rings. The van der Waals surface area contributed by atoms with Crippen molar-refractivity contribution in [3.63, 3.8) is 0 Å². The predicted octanol–water partition coefficient (Wildman–Crippen LogP) is 2.37. The highest BCUT2D eigenvalue weighted by Gasteiger charge is 2.10. The minimum Gasteiger partial charge on any atom is -0.369 e. The lowest BCUT2D eigenvalue weighted by molar-refractivity contribution is -0.115. The van der Waals surface area contributed by atoms with Gasteiger partial charge in [-0.15, -0.1) is 23.1 Å². The van der Waals surface area contributed by atoms with Crippen LogP contribution in [0.2, 0.25) is 0 Å². The van der Waals surface area contributed by atoms with Crippen molar-refractivity contribution in [2.75, 3.05) is 5.75 Å². The van der Waals surface area contributed by atoms with Crippen molar-refractivity contribution in [1.29, 1.82) is 0 Å². The van der Waals surface area contributed by atoms with Gasteiger partial charge in [0.2, 0.25) is 5.91 Å². The van der Waals surface area contributed by atoms with Gasteiger partial charge in [-0.3, -0.25) is 9.59 Å². The number of aromatic nitrogens is 2. The largest absolute Gasteiger partial charge is 0.369 e. The fourth-order valence-corrected chi connectivity index (χ4v) is 3.73. The molecule has 0 saturated carbocycles. The number of nitrogens with two attached hydrogens (primary N) is 1. The highest BCUT2D eigenvalue weighted by atomic mass is 32.2. The molecule has 0 atom stereocenters. The van der Waals surface area contributed by atoms with E-state index in [1.807, 2.05) is 36.4 Å². The third-order valence-corrected chi connectivity index (χ3v) is 5.04. The number of aromatic amines is 1. The van der Waals surface area contributed by atoms with Gasteiger partial charge in [-0.25, -0.2) is 4.98 Å². The van der Waals surface area contributed by atoms with Crippen LogP contribution in [0, 0.1) is 0 Å². The molecule has 0 radical (unpaired) electrons. The van der Waals surface area contributed by atoms with Crippen LogP contribution in [0.3, 0.4) is 0 Å². The number of carbonyl (C=O) groups is 1. The number of nitrogens with zero attached hydrogens (tertiary/aromatic N) is 1. The molecule has 2 heterocycles. The van der Waals surface area contributed by atoms with E-state index in [0.717, 1.165) is 10.4 Å². The molecule has 0 bridgehead atoms. The summed E-state index contributed by atoms with van der Waals surface area (Å²) in [5.41, 5.74) is 6.00. The average molecular weight is 331 g/mol. The van der Waals surface area contributed by atoms with Crippen molar-refractivity contribution in [3.05, 3.63) is 52.6 Å². The Kier molecular flexibility index (Phi) is 4.26. The molecule has 0 aliphatic heterocycles. The molecule has 3 N–H and O–H groups in total. The van der Waals surface area contributed by atoms with Crippen LogP contribution in [-0.4, -0.2) is 21.6 Å². The van der Waals surface area contributed by atoms with E-state index in [1.165, 1.54) is 23.1 Å². The maximum atomic E-state index is 12.2. The maximum absolute atomic E-state index is 12.2. The summed E-state index contributed by atoms with van der Waals surface area (Å²) in [7, 11) is 0. The Hall–Kier alpha value is -2.12. The molecule has 3 aromatic rings. The molecule has 1 aromatic carbocycles. The van der Waals surface area contributed by atoms with Crippen molar-refractivity contribution >= 4 is 39.2 Å². The summed E-state index contributed by atoms with van der Waals surface area (Å²) in [5.74, 6) is 0.842. The number of thiophene rings is 1. The number of amides is 1. The first-order chi connectivity index (χ1) is 10.6. The van der Waals surface area contributed by atoms with Crippen LogP contribution in [0.25, 0.3) is 20.7 Å². The van der Waals surface area contributed by atoms with Crippen LogP contribution in [0.5, 0.6) is 0 Å². The van der Waals surface area contributed by atoms with Crippen LogP contribution in [0.1, 0.15) is 5.82 Å². The summed E-state index contributed by atoms with van der Waals surface area (Å²) >= 11 is 2.82. The second-order valence-corrected chi connectivity index (χ2v) is 6.68. The molecular weight excluding hydrogens is 318 g/mol. The molecule has 0 spiro atoms. The molecular formula is C15H13N3O2S2. The first-order valence-electron chi connectivity index (χ1n) is 6.57. The Bertz CT molecular complexity index is 871.